The summed E-state index contributed by atoms with van der Waals surface area (Å²) < 4.78 is 0. The van der Waals surface area contributed by atoms with Gasteiger partial charge < -0.3 is 10.1 Å². The summed E-state index contributed by atoms with van der Waals surface area (Å²) in [6.07, 6.45) is 16.9. The molecule has 1 N–H and O–H groups in total. The molecule has 4 heteroatoms. The van der Waals surface area contributed by atoms with Gasteiger partial charge in [-0.15, -0.1) is 34.9 Å². The number of benzene rings is 3. The van der Waals surface area contributed by atoms with Crippen molar-refractivity contribution < 1.29 is 30.0 Å². The quantitative estimate of drug-likeness (QED) is 0.0969. The topological polar surface area (TPSA) is 50.2 Å². The van der Waals surface area contributed by atoms with Crippen LogP contribution >= 0.6 is 0 Å². The molecule has 6 rings (SSSR count). The molecule has 3 aromatic carbocycles. The molecule has 4 aromatic rings. The van der Waals surface area contributed by atoms with Gasteiger partial charge in [0.1, 0.15) is 5.76 Å². The number of carbonyl (C=O) groups is 1. The molecule has 46 heavy (non-hydrogen) atoms. The number of aliphatic hydroxyl groups excluding tert-OH is 1. The molecule has 0 saturated heterocycles. The Kier molecular flexibility index (Phi) is 12.1. The van der Waals surface area contributed by atoms with Crippen molar-refractivity contribution in [1.29, 1.82) is 0 Å². The standard InChI is InChI=1S/C31H32N.C11H20O2.Ir/c1-3-9-22(10-4-1)25-19-26(23-11-5-2-6-12-23)21-27(20-25)31-30-16-15-24-13-7-8-14-28(24)29(30)17-18-32-31;1-10(2,3)8(12)7-9(13)11(4,5)6;/h7-8,13-20,22-23H,1-6,9-12H2;7,12H,1-6H3;/q-1;;/b;8-7-;. The molecular weight excluding hydrogens is 743 g/mol. The van der Waals surface area contributed by atoms with Crippen molar-refractivity contribution in [3.8, 4) is 11.3 Å². The van der Waals surface area contributed by atoms with Gasteiger partial charge in [-0.3, -0.25) is 4.79 Å². The van der Waals surface area contributed by atoms with Crippen LogP contribution in [0.5, 0.6) is 0 Å². The van der Waals surface area contributed by atoms with E-state index in [0.29, 0.717) is 11.8 Å². The van der Waals surface area contributed by atoms with Crippen LogP contribution in [0.3, 0.4) is 0 Å². The number of hydrogen-bond acceptors (Lipinski definition) is 3. The van der Waals surface area contributed by atoms with E-state index in [-0.39, 0.29) is 37.1 Å². The van der Waals surface area contributed by atoms with Crippen LogP contribution < -0.4 is 0 Å². The number of nitrogens with zero attached hydrogens (tertiary/aromatic N) is 1. The molecular formula is C42H52IrNO2-. The number of allylic oxidation sites excluding steroid dienone is 2. The van der Waals surface area contributed by atoms with Crippen molar-refractivity contribution >= 4 is 27.3 Å². The number of carbonyl (C=O) groups excluding carboxylic acids is 1. The van der Waals surface area contributed by atoms with Gasteiger partial charge in [-0.1, -0.05) is 116 Å². The first-order chi connectivity index (χ1) is 21.4. The fourth-order valence-electron chi connectivity index (χ4n) is 6.76. The van der Waals surface area contributed by atoms with Gasteiger partial charge in [-0.2, -0.15) is 0 Å². The van der Waals surface area contributed by atoms with Crippen molar-refractivity contribution in [2.45, 2.75) is 118 Å². The van der Waals surface area contributed by atoms with Crippen molar-refractivity contribution in [3.63, 3.8) is 0 Å². The molecule has 2 aliphatic carbocycles. The van der Waals surface area contributed by atoms with Gasteiger partial charge >= 0.3 is 0 Å². The molecule has 2 fully saturated rings. The zero-order valence-corrected chi connectivity index (χ0v) is 31.1. The van der Waals surface area contributed by atoms with Crippen molar-refractivity contribution in [3.05, 3.63) is 89.8 Å². The van der Waals surface area contributed by atoms with Crippen LogP contribution in [0.25, 0.3) is 32.8 Å². The Balaban J connectivity index is 0.000000295. The fourth-order valence-corrected chi connectivity index (χ4v) is 6.76. The van der Waals surface area contributed by atoms with Crippen molar-refractivity contribution in [1.82, 2.24) is 4.98 Å². The molecule has 1 radical (unpaired) electrons. The van der Waals surface area contributed by atoms with Crippen molar-refractivity contribution in [2.75, 3.05) is 0 Å². The maximum Gasteiger partial charge on any atom is 0.164 e. The second kappa shape index (κ2) is 15.4. The summed E-state index contributed by atoms with van der Waals surface area (Å²) in [4.78, 5) is 16.4. The number of aliphatic hydroxyl groups is 1. The second-order valence-electron chi connectivity index (χ2n) is 15.4. The summed E-state index contributed by atoms with van der Waals surface area (Å²) in [7, 11) is 0. The van der Waals surface area contributed by atoms with Gasteiger partial charge in [0.05, 0.1) is 0 Å². The van der Waals surface area contributed by atoms with Gasteiger partial charge in [0, 0.05) is 43.2 Å². The summed E-state index contributed by atoms with van der Waals surface area (Å²) in [6.45, 7) is 11.1. The third kappa shape index (κ3) is 8.75. The number of fused-ring (bicyclic) bond motifs is 3. The minimum atomic E-state index is -0.417. The Morgan fingerprint density at radius 1 is 0.761 bits per heavy atom. The first kappa shape index (κ1) is 36.0. The molecule has 0 bridgehead atoms. The second-order valence-corrected chi connectivity index (χ2v) is 15.4. The molecule has 2 aliphatic rings. The van der Waals surface area contributed by atoms with E-state index in [0.717, 1.165) is 5.69 Å². The minimum Gasteiger partial charge on any atom is -0.512 e. The molecule has 0 atom stereocenters. The molecule has 1 aromatic heterocycles. The van der Waals surface area contributed by atoms with Crippen LogP contribution in [0.2, 0.25) is 0 Å². The first-order valence-electron chi connectivity index (χ1n) is 17.2. The van der Waals surface area contributed by atoms with Crippen LogP contribution in [0, 0.1) is 16.9 Å². The number of hydrogen-bond donors (Lipinski definition) is 1. The molecule has 0 spiro atoms. The van der Waals surface area contributed by atoms with E-state index >= 15 is 0 Å². The van der Waals surface area contributed by atoms with Gasteiger partial charge in [0.2, 0.25) is 0 Å². The van der Waals surface area contributed by atoms with E-state index in [4.69, 9.17) is 4.98 Å². The number of aromatic nitrogens is 1. The van der Waals surface area contributed by atoms with Gasteiger partial charge in [0.15, 0.2) is 5.78 Å². The van der Waals surface area contributed by atoms with E-state index in [1.165, 1.54) is 103 Å². The average Bonchev–Trinajstić information content (AvgIpc) is 3.04. The van der Waals surface area contributed by atoms with Crippen LogP contribution in [0.4, 0.5) is 0 Å². The Hall–Kier alpha value is -2.81. The minimum absolute atomic E-state index is 0. The molecule has 3 nitrogen and oxygen atoms in total. The maximum absolute atomic E-state index is 11.5. The fraction of sp³-hybridized carbons (Fsp3) is 0.476. The van der Waals surface area contributed by atoms with Crippen LogP contribution in [-0.2, 0) is 24.9 Å². The molecule has 247 valence electrons. The van der Waals surface area contributed by atoms with Gasteiger partial charge in [-0.25, -0.2) is 0 Å². The molecule has 1 heterocycles. The first-order valence-corrected chi connectivity index (χ1v) is 17.2. The van der Waals surface area contributed by atoms with Gasteiger partial charge in [-0.05, 0) is 70.8 Å². The van der Waals surface area contributed by atoms with Crippen molar-refractivity contribution in [2.24, 2.45) is 10.8 Å². The predicted octanol–water partition coefficient (Wildman–Crippen LogP) is 12.0. The molecule has 0 aliphatic heterocycles. The third-order valence-corrected chi connectivity index (χ3v) is 9.73. The Bertz CT molecular complexity index is 1620. The van der Waals surface area contributed by atoms with Gasteiger partial charge in [0.25, 0.3) is 0 Å². The third-order valence-electron chi connectivity index (χ3n) is 9.73. The summed E-state index contributed by atoms with van der Waals surface area (Å²) in [5.74, 6) is 1.48. The Morgan fingerprint density at radius 3 is 2.02 bits per heavy atom. The predicted molar refractivity (Wildman–Crippen MR) is 190 cm³/mol. The van der Waals surface area contributed by atoms with E-state index in [9.17, 15) is 9.90 Å². The summed E-state index contributed by atoms with van der Waals surface area (Å²) in [5.41, 5.74) is 4.53. The van der Waals surface area contributed by atoms with Crippen LogP contribution in [0.15, 0.2) is 72.6 Å². The Morgan fingerprint density at radius 2 is 1.39 bits per heavy atom. The maximum atomic E-state index is 11.5. The van der Waals surface area contributed by atoms with Crippen LogP contribution in [-0.4, -0.2) is 15.9 Å². The zero-order valence-electron chi connectivity index (χ0n) is 28.7. The van der Waals surface area contributed by atoms with E-state index in [1.807, 2.05) is 47.7 Å². The van der Waals surface area contributed by atoms with E-state index < -0.39 is 5.41 Å². The zero-order chi connectivity index (χ0) is 32.2. The largest absolute Gasteiger partial charge is 0.512 e. The average molecular weight is 795 g/mol. The SMILES string of the molecule is CC(C)(C)C(=O)/C=C(\O)C(C)(C)C.[Ir].[c-]1c(-c2nccc3c2ccc2ccccc23)cc(C2CCCCC2)cc1C1CCCCC1. The van der Waals surface area contributed by atoms with Crippen LogP contribution in [0.1, 0.15) is 129 Å². The smallest absolute Gasteiger partial charge is 0.164 e. The summed E-state index contributed by atoms with van der Waals surface area (Å²) >= 11 is 0. The van der Waals surface area contributed by atoms with E-state index in [2.05, 4.69) is 60.7 Å². The Labute approximate surface area is 290 Å². The molecule has 0 amide bonds. The summed E-state index contributed by atoms with van der Waals surface area (Å²) in [5, 5.41) is 14.7. The number of pyridine rings is 1. The molecule has 0 unspecified atom stereocenters. The number of ketones is 1. The summed E-state index contributed by atoms with van der Waals surface area (Å²) in [6, 6.07) is 24.2. The normalized spacial score (nSPS) is 16.9. The molecule has 2 saturated carbocycles. The van der Waals surface area contributed by atoms with E-state index in [1.54, 1.807) is 5.56 Å². The number of rotatable bonds is 4. The monoisotopic (exact) mass is 795 g/mol.